The fraction of sp³-hybridized carbons (Fsp3) is 0.105. The van der Waals surface area contributed by atoms with Crippen molar-refractivity contribution in [2.75, 3.05) is 11.9 Å². The summed E-state index contributed by atoms with van der Waals surface area (Å²) in [6, 6.07) is 10.7. The van der Waals surface area contributed by atoms with E-state index in [2.05, 4.69) is 10.3 Å². The summed E-state index contributed by atoms with van der Waals surface area (Å²) in [5.41, 5.74) is 1.96. The van der Waals surface area contributed by atoms with Crippen LogP contribution < -0.4 is 5.32 Å². The number of anilines is 1. The van der Waals surface area contributed by atoms with Gasteiger partial charge in [-0.15, -0.1) is 11.3 Å². The number of carbonyl (C=O) groups excluding carboxylic acids is 2. The van der Waals surface area contributed by atoms with Crippen LogP contribution in [0, 0.1) is 5.82 Å². The number of benzene rings is 2. The minimum absolute atomic E-state index is 0.0316. The van der Waals surface area contributed by atoms with Crippen LogP contribution in [-0.4, -0.2) is 23.5 Å². The average molecular weight is 439 g/mol. The quantitative estimate of drug-likeness (QED) is 0.550. The van der Waals surface area contributed by atoms with Gasteiger partial charge in [0.25, 0.3) is 5.91 Å². The van der Waals surface area contributed by atoms with Crippen molar-refractivity contribution in [1.82, 2.24) is 4.98 Å². The molecule has 0 aliphatic rings. The Balaban J connectivity index is 1.49. The molecule has 1 N–H and O–H groups in total. The van der Waals surface area contributed by atoms with Gasteiger partial charge < -0.3 is 4.74 Å². The third kappa shape index (κ3) is 5.51. The van der Waals surface area contributed by atoms with Gasteiger partial charge in [-0.25, -0.2) is 9.37 Å². The van der Waals surface area contributed by atoms with E-state index in [1.54, 1.807) is 35.7 Å². The van der Waals surface area contributed by atoms with Crippen LogP contribution in [0.25, 0.3) is 11.3 Å². The third-order valence-electron chi connectivity index (χ3n) is 3.59. The zero-order valence-electron chi connectivity index (χ0n) is 14.2. The highest BCUT2D eigenvalue weighted by atomic mass is 35.5. The zero-order valence-corrected chi connectivity index (χ0v) is 16.6. The maximum atomic E-state index is 13.0. The van der Waals surface area contributed by atoms with Crippen molar-refractivity contribution < 1.29 is 18.7 Å². The summed E-state index contributed by atoms with van der Waals surface area (Å²) < 4.78 is 17.9. The number of halogens is 3. The molecule has 144 valence electrons. The van der Waals surface area contributed by atoms with Crippen LogP contribution in [0.5, 0.6) is 0 Å². The Morgan fingerprint density at radius 1 is 1.11 bits per heavy atom. The predicted molar refractivity (Wildman–Crippen MR) is 107 cm³/mol. The molecule has 0 spiro atoms. The second-order valence-electron chi connectivity index (χ2n) is 5.68. The predicted octanol–water partition coefficient (Wildman–Crippen LogP) is 4.98. The van der Waals surface area contributed by atoms with Crippen LogP contribution in [0.15, 0.2) is 47.8 Å². The molecule has 0 radical (unpaired) electrons. The molecule has 2 aromatic carbocycles. The summed E-state index contributed by atoms with van der Waals surface area (Å²) in [4.78, 5) is 28.1. The van der Waals surface area contributed by atoms with Gasteiger partial charge in [0.2, 0.25) is 0 Å². The Bertz CT molecular complexity index is 1010. The molecular weight excluding hydrogens is 426 g/mol. The lowest BCUT2D eigenvalue weighted by molar-refractivity contribution is -0.146. The van der Waals surface area contributed by atoms with Crippen molar-refractivity contribution in [3.05, 3.63) is 69.3 Å². The topological polar surface area (TPSA) is 68.3 Å². The maximum absolute atomic E-state index is 13.0. The molecule has 3 rings (SSSR count). The van der Waals surface area contributed by atoms with Crippen molar-refractivity contribution >= 4 is 51.5 Å². The lowest BCUT2D eigenvalue weighted by atomic mass is 10.1. The molecule has 0 atom stereocenters. The number of aromatic nitrogens is 1. The summed E-state index contributed by atoms with van der Waals surface area (Å²) in [5.74, 6) is -1.42. The van der Waals surface area contributed by atoms with Gasteiger partial charge in [-0.3, -0.25) is 14.9 Å². The largest absolute Gasteiger partial charge is 0.455 e. The molecule has 0 aliphatic carbocycles. The number of nitrogens with zero attached hydrogens (tertiary/aromatic N) is 1. The fourth-order valence-electron chi connectivity index (χ4n) is 2.25. The Morgan fingerprint density at radius 3 is 2.57 bits per heavy atom. The SMILES string of the molecule is O=C(COC(=O)Cc1ccc(Cl)c(Cl)c1)Nc1nc(-c2ccc(F)cc2)cs1. The lowest BCUT2D eigenvalue weighted by Gasteiger charge is -2.05. The molecule has 9 heteroatoms. The third-order valence-corrected chi connectivity index (χ3v) is 5.08. The Hall–Kier alpha value is -2.48. The van der Waals surface area contributed by atoms with Crippen LogP contribution in [0.1, 0.15) is 5.56 Å². The number of nitrogens with one attached hydrogen (secondary N) is 1. The van der Waals surface area contributed by atoms with E-state index in [1.807, 2.05) is 0 Å². The molecule has 0 unspecified atom stereocenters. The molecule has 1 amide bonds. The number of carbonyl (C=O) groups is 2. The van der Waals surface area contributed by atoms with Crippen molar-refractivity contribution in [2.45, 2.75) is 6.42 Å². The molecule has 0 fully saturated rings. The normalized spacial score (nSPS) is 10.5. The monoisotopic (exact) mass is 438 g/mol. The molecule has 3 aromatic rings. The number of rotatable bonds is 6. The fourth-order valence-corrected chi connectivity index (χ4v) is 3.31. The summed E-state index contributed by atoms with van der Waals surface area (Å²) in [6.07, 6.45) is -0.0316. The smallest absolute Gasteiger partial charge is 0.310 e. The van der Waals surface area contributed by atoms with Crippen molar-refractivity contribution in [3.8, 4) is 11.3 Å². The first-order valence-electron chi connectivity index (χ1n) is 8.01. The van der Waals surface area contributed by atoms with E-state index in [9.17, 15) is 14.0 Å². The van der Waals surface area contributed by atoms with Crippen molar-refractivity contribution in [3.63, 3.8) is 0 Å². The second kappa shape index (κ2) is 9.14. The van der Waals surface area contributed by atoms with Gasteiger partial charge in [0.05, 0.1) is 22.2 Å². The Labute approximate surface area is 174 Å². The number of amides is 1. The van der Waals surface area contributed by atoms with Gasteiger partial charge >= 0.3 is 5.97 Å². The van der Waals surface area contributed by atoms with Crippen LogP contribution >= 0.6 is 34.5 Å². The van der Waals surface area contributed by atoms with E-state index < -0.39 is 18.5 Å². The first-order valence-corrected chi connectivity index (χ1v) is 9.65. The Kier molecular flexibility index (Phi) is 6.61. The summed E-state index contributed by atoms with van der Waals surface area (Å²) in [5, 5.41) is 5.37. The molecule has 28 heavy (non-hydrogen) atoms. The number of thiazole rings is 1. The van der Waals surface area contributed by atoms with Gasteiger partial charge in [0.15, 0.2) is 11.7 Å². The average Bonchev–Trinajstić information content (AvgIpc) is 3.12. The minimum atomic E-state index is -0.570. The first-order chi connectivity index (χ1) is 13.4. The van der Waals surface area contributed by atoms with Gasteiger partial charge in [-0.1, -0.05) is 29.3 Å². The van der Waals surface area contributed by atoms with E-state index in [4.69, 9.17) is 27.9 Å². The van der Waals surface area contributed by atoms with E-state index >= 15 is 0 Å². The van der Waals surface area contributed by atoms with Gasteiger partial charge in [-0.05, 0) is 42.0 Å². The van der Waals surface area contributed by atoms with Crippen LogP contribution in [0.3, 0.4) is 0 Å². The van der Waals surface area contributed by atoms with Gasteiger partial charge in [0, 0.05) is 10.9 Å². The second-order valence-corrected chi connectivity index (χ2v) is 7.35. The van der Waals surface area contributed by atoms with E-state index in [-0.39, 0.29) is 12.2 Å². The molecule has 0 bridgehead atoms. The van der Waals surface area contributed by atoms with Crippen molar-refractivity contribution in [1.29, 1.82) is 0 Å². The van der Waals surface area contributed by atoms with Crippen LogP contribution in [0.2, 0.25) is 10.0 Å². The Morgan fingerprint density at radius 2 is 1.86 bits per heavy atom. The van der Waals surface area contributed by atoms with Crippen molar-refractivity contribution in [2.24, 2.45) is 0 Å². The first kappa shape index (κ1) is 20.3. The van der Waals surface area contributed by atoms with E-state index in [1.165, 1.54) is 23.5 Å². The van der Waals surface area contributed by atoms with E-state index in [0.29, 0.717) is 26.4 Å². The van der Waals surface area contributed by atoms with Crippen LogP contribution in [0.4, 0.5) is 9.52 Å². The number of ether oxygens (including phenoxy) is 1. The summed E-state index contributed by atoms with van der Waals surface area (Å²) in [7, 11) is 0. The molecule has 0 saturated carbocycles. The minimum Gasteiger partial charge on any atom is -0.455 e. The molecule has 5 nitrogen and oxygen atoms in total. The number of hydrogen-bond acceptors (Lipinski definition) is 5. The molecule has 1 aromatic heterocycles. The highest BCUT2D eigenvalue weighted by molar-refractivity contribution is 7.14. The van der Waals surface area contributed by atoms with Gasteiger partial charge in [-0.2, -0.15) is 0 Å². The standard InChI is InChI=1S/C19H13Cl2FN2O3S/c20-14-6-1-11(7-15(14)21)8-18(26)27-9-17(25)24-19-23-16(10-28-19)12-2-4-13(22)5-3-12/h1-7,10H,8-9H2,(H,23,24,25). The summed E-state index contributed by atoms with van der Waals surface area (Å²) in [6.45, 7) is -0.439. The molecule has 0 saturated heterocycles. The highest BCUT2D eigenvalue weighted by Gasteiger charge is 2.12. The molecule has 1 heterocycles. The van der Waals surface area contributed by atoms with Gasteiger partial charge in [0.1, 0.15) is 5.82 Å². The molecule has 0 aliphatic heterocycles. The number of esters is 1. The molecular formula is C19H13Cl2FN2O3S. The number of hydrogen-bond donors (Lipinski definition) is 1. The summed E-state index contributed by atoms with van der Waals surface area (Å²) >= 11 is 12.9. The van der Waals surface area contributed by atoms with E-state index in [0.717, 1.165) is 5.56 Å². The maximum Gasteiger partial charge on any atom is 0.310 e. The zero-order chi connectivity index (χ0) is 20.1. The lowest BCUT2D eigenvalue weighted by Crippen LogP contribution is -2.21. The highest BCUT2D eigenvalue weighted by Crippen LogP contribution is 2.25. The van der Waals surface area contributed by atoms with Crippen LogP contribution in [-0.2, 0) is 20.7 Å².